The molecular weight excluding hydrogens is 294 g/mol. The zero-order valence-corrected chi connectivity index (χ0v) is 13.1. The van der Waals surface area contributed by atoms with E-state index < -0.39 is 0 Å². The lowest BCUT2D eigenvalue weighted by atomic mass is 10.2. The van der Waals surface area contributed by atoms with Gasteiger partial charge in [-0.1, -0.05) is 18.2 Å². The molecule has 5 heteroatoms. The number of thiophene rings is 1. The van der Waals surface area contributed by atoms with Gasteiger partial charge in [0.15, 0.2) is 0 Å². The van der Waals surface area contributed by atoms with Gasteiger partial charge in [0.05, 0.1) is 4.88 Å². The normalized spacial score (nSPS) is 10.6. The van der Waals surface area contributed by atoms with Crippen LogP contribution in [0.3, 0.4) is 0 Å². The number of hydrogen-bond acceptors (Lipinski definition) is 4. The lowest BCUT2D eigenvalue weighted by molar-refractivity contribution is 0.0959. The molecule has 0 atom stereocenters. The Morgan fingerprint density at radius 1 is 1.23 bits per heavy atom. The van der Waals surface area contributed by atoms with E-state index >= 15 is 0 Å². The van der Waals surface area contributed by atoms with Crippen LogP contribution in [0, 0.1) is 6.92 Å². The Balaban J connectivity index is 1.53. The lowest BCUT2D eigenvalue weighted by Crippen LogP contribution is -2.28. The summed E-state index contributed by atoms with van der Waals surface area (Å²) >= 11 is 1.52. The molecule has 4 nitrogen and oxygen atoms in total. The summed E-state index contributed by atoms with van der Waals surface area (Å²) in [7, 11) is 0. The first-order chi connectivity index (χ1) is 10.7. The second-order valence-corrected chi connectivity index (χ2v) is 6.11. The van der Waals surface area contributed by atoms with Crippen LogP contribution in [-0.2, 0) is 0 Å². The minimum Gasteiger partial charge on any atom is -0.383 e. The van der Waals surface area contributed by atoms with Crippen molar-refractivity contribution >= 4 is 33.0 Å². The Hall–Kier alpha value is -2.40. The molecule has 2 aromatic heterocycles. The van der Waals surface area contributed by atoms with E-state index in [2.05, 4.69) is 15.6 Å². The number of rotatable bonds is 5. The Morgan fingerprint density at radius 3 is 2.91 bits per heavy atom. The number of fused-ring (bicyclic) bond motifs is 1. The molecule has 0 saturated carbocycles. The van der Waals surface area contributed by atoms with E-state index in [0.29, 0.717) is 13.1 Å². The fraction of sp³-hybridized carbons (Fsp3) is 0.176. The average Bonchev–Trinajstić information content (AvgIpc) is 2.97. The number of aromatic nitrogens is 1. The van der Waals surface area contributed by atoms with Gasteiger partial charge in [-0.25, -0.2) is 0 Å². The molecule has 0 saturated heterocycles. The zero-order valence-electron chi connectivity index (χ0n) is 12.3. The van der Waals surface area contributed by atoms with Gasteiger partial charge in [-0.15, -0.1) is 11.3 Å². The molecule has 2 N–H and O–H groups in total. The van der Waals surface area contributed by atoms with Crippen molar-refractivity contribution < 1.29 is 4.79 Å². The van der Waals surface area contributed by atoms with Crippen molar-refractivity contribution in [3.8, 4) is 0 Å². The molecule has 0 unspecified atom stereocenters. The molecule has 0 fully saturated rings. The summed E-state index contributed by atoms with van der Waals surface area (Å²) in [6, 6.07) is 11.9. The maximum absolute atomic E-state index is 12.2. The molecule has 0 spiro atoms. The molecule has 0 radical (unpaired) electrons. The van der Waals surface area contributed by atoms with Gasteiger partial charge in [-0.2, -0.15) is 0 Å². The van der Waals surface area contributed by atoms with E-state index in [-0.39, 0.29) is 5.91 Å². The van der Waals surface area contributed by atoms with Crippen molar-refractivity contribution in [1.82, 2.24) is 10.3 Å². The first-order valence-corrected chi connectivity index (χ1v) is 7.97. The summed E-state index contributed by atoms with van der Waals surface area (Å²) < 4.78 is 1.14. The second-order valence-electron chi connectivity index (χ2n) is 5.02. The topological polar surface area (TPSA) is 54.0 Å². The summed E-state index contributed by atoms with van der Waals surface area (Å²) in [5.74, 6) is -0.0190. The third kappa shape index (κ3) is 3.26. The third-order valence-corrected chi connectivity index (χ3v) is 4.51. The van der Waals surface area contributed by atoms with E-state index in [1.54, 1.807) is 6.20 Å². The van der Waals surface area contributed by atoms with Crippen molar-refractivity contribution in [2.24, 2.45) is 0 Å². The van der Waals surface area contributed by atoms with E-state index in [1.807, 2.05) is 49.5 Å². The molecule has 0 aliphatic carbocycles. The molecule has 1 aromatic carbocycles. The minimum atomic E-state index is -0.0190. The molecule has 1 amide bonds. The highest BCUT2D eigenvalue weighted by Gasteiger charge is 2.09. The van der Waals surface area contributed by atoms with Crippen LogP contribution in [-0.4, -0.2) is 24.0 Å². The predicted octanol–water partition coefficient (Wildman–Crippen LogP) is 3.45. The van der Waals surface area contributed by atoms with E-state index in [1.165, 1.54) is 11.3 Å². The SMILES string of the molecule is Cc1cnccc1NCCNC(=O)c1cc2ccccc2s1. The summed E-state index contributed by atoms with van der Waals surface area (Å²) in [5, 5.41) is 7.35. The van der Waals surface area contributed by atoms with Crippen LogP contribution in [0.4, 0.5) is 5.69 Å². The van der Waals surface area contributed by atoms with Crippen molar-refractivity contribution in [2.45, 2.75) is 6.92 Å². The van der Waals surface area contributed by atoms with Crippen LogP contribution < -0.4 is 10.6 Å². The molecule has 3 rings (SSSR count). The van der Waals surface area contributed by atoms with Gasteiger partial charge in [0, 0.05) is 35.9 Å². The highest BCUT2D eigenvalue weighted by Crippen LogP contribution is 2.24. The summed E-state index contributed by atoms with van der Waals surface area (Å²) in [4.78, 5) is 17.0. The summed E-state index contributed by atoms with van der Waals surface area (Å²) in [6.07, 6.45) is 3.57. The van der Waals surface area contributed by atoms with E-state index in [4.69, 9.17) is 0 Å². The molecule has 0 aliphatic rings. The molecule has 22 heavy (non-hydrogen) atoms. The minimum absolute atomic E-state index is 0.0190. The smallest absolute Gasteiger partial charge is 0.261 e. The lowest BCUT2D eigenvalue weighted by Gasteiger charge is -2.09. The van der Waals surface area contributed by atoms with Crippen molar-refractivity contribution in [2.75, 3.05) is 18.4 Å². The molecule has 3 aromatic rings. The Bertz CT molecular complexity index is 764. The number of pyridine rings is 1. The number of hydrogen-bond donors (Lipinski definition) is 2. The Kier molecular flexibility index (Phi) is 4.34. The number of nitrogens with zero attached hydrogens (tertiary/aromatic N) is 1. The zero-order chi connectivity index (χ0) is 15.4. The number of carbonyl (C=O) groups excluding carboxylic acids is 1. The van der Waals surface area contributed by atoms with Crippen LogP contribution in [0.15, 0.2) is 48.8 Å². The average molecular weight is 311 g/mol. The van der Waals surface area contributed by atoms with Crippen LogP contribution >= 0.6 is 11.3 Å². The molecule has 112 valence electrons. The van der Waals surface area contributed by atoms with Crippen molar-refractivity contribution in [3.63, 3.8) is 0 Å². The van der Waals surface area contributed by atoms with Gasteiger partial charge in [0.2, 0.25) is 0 Å². The van der Waals surface area contributed by atoms with E-state index in [0.717, 1.165) is 26.2 Å². The van der Waals surface area contributed by atoms with Gasteiger partial charge in [0.25, 0.3) is 5.91 Å². The van der Waals surface area contributed by atoms with Gasteiger partial charge >= 0.3 is 0 Å². The van der Waals surface area contributed by atoms with Crippen LogP contribution in [0.2, 0.25) is 0 Å². The maximum Gasteiger partial charge on any atom is 0.261 e. The van der Waals surface area contributed by atoms with Crippen molar-refractivity contribution in [1.29, 1.82) is 0 Å². The summed E-state index contributed by atoms with van der Waals surface area (Å²) in [6.45, 7) is 3.27. The standard InChI is InChI=1S/C17H17N3OS/c1-12-11-18-7-6-14(12)19-8-9-20-17(21)16-10-13-4-2-3-5-15(13)22-16/h2-7,10-11H,8-9H2,1H3,(H,18,19)(H,20,21). The number of aryl methyl sites for hydroxylation is 1. The highest BCUT2D eigenvalue weighted by atomic mass is 32.1. The summed E-state index contributed by atoms with van der Waals surface area (Å²) in [5.41, 5.74) is 2.14. The monoisotopic (exact) mass is 311 g/mol. The second kappa shape index (κ2) is 6.58. The van der Waals surface area contributed by atoms with Gasteiger partial charge in [-0.3, -0.25) is 9.78 Å². The predicted molar refractivity (Wildman–Crippen MR) is 91.6 cm³/mol. The first kappa shape index (κ1) is 14.5. The number of amides is 1. The van der Waals surface area contributed by atoms with Gasteiger partial charge in [0.1, 0.15) is 0 Å². The number of benzene rings is 1. The molecule has 2 heterocycles. The van der Waals surface area contributed by atoms with Crippen molar-refractivity contribution in [3.05, 3.63) is 59.2 Å². The fourth-order valence-corrected chi connectivity index (χ4v) is 3.20. The molecule has 0 aliphatic heterocycles. The van der Waals surface area contributed by atoms with Crippen LogP contribution in [0.25, 0.3) is 10.1 Å². The molecule has 0 bridgehead atoms. The quantitative estimate of drug-likeness (QED) is 0.710. The Labute approximate surface area is 133 Å². The number of carbonyl (C=O) groups is 1. The van der Waals surface area contributed by atoms with Gasteiger partial charge < -0.3 is 10.6 Å². The van der Waals surface area contributed by atoms with Crippen LogP contribution in [0.1, 0.15) is 15.2 Å². The first-order valence-electron chi connectivity index (χ1n) is 7.15. The Morgan fingerprint density at radius 2 is 2.09 bits per heavy atom. The largest absolute Gasteiger partial charge is 0.383 e. The third-order valence-electron chi connectivity index (χ3n) is 3.40. The molecular formula is C17H17N3OS. The maximum atomic E-state index is 12.2. The fourth-order valence-electron chi connectivity index (χ4n) is 2.23. The highest BCUT2D eigenvalue weighted by molar-refractivity contribution is 7.20. The number of anilines is 1. The van der Waals surface area contributed by atoms with Gasteiger partial charge in [-0.05, 0) is 36.1 Å². The van der Waals surface area contributed by atoms with Crippen LogP contribution in [0.5, 0.6) is 0 Å². The van der Waals surface area contributed by atoms with E-state index in [9.17, 15) is 4.79 Å². The number of nitrogens with one attached hydrogen (secondary N) is 2.